The van der Waals surface area contributed by atoms with Gasteiger partial charge in [0.15, 0.2) is 0 Å². The molecular weight excluding hydrogens is 172 g/mol. The van der Waals surface area contributed by atoms with Crippen LogP contribution in [0.5, 0.6) is 0 Å². The Morgan fingerprint density at radius 1 is 1.14 bits per heavy atom. The second kappa shape index (κ2) is 3.36. The van der Waals surface area contributed by atoms with Crippen LogP contribution in [0.2, 0.25) is 0 Å². The van der Waals surface area contributed by atoms with Gasteiger partial charge < -0.3 is 0 Å². The fraction of sp³-hybridized carbons (Fsp3) is 0.923. The van der Waals surface area contributed by atoms with E-state index in [0.29, 0.717) is 17.6 Å². The van der Waals surface area contributed by atoms with Crippen LogP contribution >= 0.6 is 0 Å². The first-order valence-electron chi connectivity index (χ1n) is 6.04. The van der Waals surface area contributed by atoms with E-state index in [1.54, 1.807) is 0 Å². The standard InChI is InChI=1S/C13H22O/c1-9-4-7-11(12(14)8-9)13(2,3)10-5-6-10/h9-11H,4-8H2,1-3H3/t9-,11-/m1/s1. The van der Waals surface area contributed by atoms with Gasteiger partial charge in [0.1, 0.15) is 5.78 Å². The SMILES string of the molecule is C[C@@H]1CC[C@@H](C(C)(C)C2CC2)C(=O)C1. The summed E-state index contributed by atoms with van der Waals surface area (Å²) in [6.07, 6.45) is 5.94. The molecule has 0 spiro atoms. The third-order valence-corrected chi connectivity index (χ3v) is 4.41. The van der Waals surface area contributed by atoms with Crippen LogP contribution in [0.4, 0.5) is 0 Å². The summed E-state index contributed by atoms with van der Waals surface area (Å²) in [7, 11) is 0. The molecule has 2 rings (SSSR count). The molecular formula is C13H22O. The van der Waals surface area contributed by atoms with E-state index in [1.807, 2.05) is 0 Å². The molecule has 2 atom stereocenters. The van der Waals surface area contributed by atoms with E-state index in [9.17, 15) is 4.79 Å². The lowest BCUT2D eigenvalue weighted by atomic mass is 9.66. The maximum absolute atomic E-state index is 12.0. The molecule has 1 heteroatoms. The molecule has 0 aromatic rings. The Morgan fingerprint density at radius 2 is 1.79 bits per heavy atom. The maximum atomic E-state index is 12.0. The zero-order valence-corrected chi connectivity index (χ0v) is 9.68. The van der Waals surface area contributed by atoms with E-state index in [4.69, 9.17) is 0 Å². The van der Waals surface area contributed by atoms with Gasteiger partial charge in [-0.25, -0.2) is 0 Å². The lowest BCUT2D eigenvalue weighted by Crippen LogP contribution is -2.36. The summed E-state index contributed by atoms with van der Waals surface area (Å²) in [5, 5.41) is 0. The molecule has 0 saturated heterocycles. The summed E-state index contributed by atoms with van der Waals surface area (Å²) in [6, 6.07) is 0. The Balaban J connectivity index is 2.06. The second-order valence-corrected chi connectivity index (χ2v) is 6.00. The highest BCUT2D eigenvalue weighted by Crippen LogP contribution is 2.52. The largest absolute Gasteiger partial charge is 0.299 e. The lowest BCUT2D eigenvalue weighted by Gasteiger charge is -2.37. The van der Waals surface area contributed by atoms with E-state index in [2.05, 4.69) is 20.8 Å². The Hall–Kier alpha value is -0.330. The number of hydrogen-bond acceptors (Lipinski definition) is 1. The Kier molecular flexibility index (Phi) is 2.45. The lowest BCUT2D eigenvalue weighted by molar-refractivity contribution is -0.130. The molecule has 80 valence electrons. The van der Waals surface area contributed by atoms with Crippen molar-refractivity contribution in [3.8, 4) is 0 Å². The number of Topliss-reactive ketones (excluding diaryl/α,β-unsaturated/α-hetero) is 1. The van der Waals surface area contributed by atoms with Crippen molar-refractivity contribution >= 4 is 5.78 Å². The summed E-state index contributed by atoms with van der Waals surface area (Å²) in [6.45, 7) is 6.82. The van der Waals surface area contributed by atoms with Gasteiger partial charge in [-0.3, -0.25) is 4.79 Å². The van der Waals surface area contributed by atoms with E-state index >= 15 is 0 Å². The van der Waals surface area contributed by atoms with Gasteiger partial charge in [-0.1, -0.05) is 20.8 Å². The third kappa shape index (κ3) is 1.74. The van der Waals surface area contributed by atoms with Gasteiger partial charge in [-0.2, -0.15) is 0 Å². The van der Waals surface area contributed by atoms with E-state index in [-0.39, 0.29) is 5.41 Å². The average Bonchev–Trinajstić information content (AvgIpc) is 2.84. The molecule has 1 nitrogen and oxygen atoms in total. The maximum Gasteiger partial charge on any atom is 0.136 e. The van der Waals surface area contributed by atoms with Crippen LogP contribution in [0.1, 0.15) is 52.9 Å². The zero-order valence-electron chi connectivity index (χ0n) is 9.68. The summed E-state index contributed by atoms with van der Waals surface area (Å²) in [5.41, 5.74) is 0.289. The number of rotatable bonds is 2. The van der Waals surface area contributed by atoms with Crippen LogP contribution in [-0.2, 0) is 4.79 Å². The highest BCUT2D eigenvalue weighted by molar-refractivity contribution is 5.82. The second-order valence-electron chi connectivity index (χ2n) is 6.00. The van der Waals surface area contributed by atoms with Crippen LogP contribution in [0, 0.1) is 23.2 Å². The first kappa shape index (κ1) is 10.2. The average molecular weight is 194 g/mol. The molecule has 0 amide bonds. The smallest absolute Gasteiger partial charge is 0.136 e. The van der Waals surface area contributed by atoms with Crippen molar-refractivity contribution in [2.45, 2.75) is 52.9 Å². The Bertz CT molecular complexity index is 238. The molecule has 14 heavy (non-hydrogen) atoms. The molecule has 0 aliphatic heterocycles. The Morgan fingerprint density at radius 3 is 2.29 bits per heavy atom. The highest BCUT2D eigenvalue weighted by Gasteiger charge is 2.46. The molecule has 2 fully saturated rings. The summed E-state index contributed by atoms with van der Waals surface area (Å²) in [5.74, 6) is 2.38. The highest BCUT2D eigenvalue weighted by atomic mass is 16.1. The minimum absolute atomic E-state index is 0.289. The molecule has 0 bridgehead atoms. The van der Waals surface area contributed by atoms with Crippen molar-refractivity contribution in [3.05, 3.63) is 0 Å². The van der Waals surface area contributed by atoms with Gasteiger partial charge in [-0.05, 0) is 42.9 Å². The van der Waals surface area contributed by atoms with Gasteiger partial charge in [0.05, 0.1) is 0 Å². The van der Waals surface area contributed by atoms with Crippen molar-refractivity contribution in [1.82, 2.24) is 0 Å². The predicted octanol–water partition coefficient (Wildman–Crippen LogP) is 3.43. The van der Waals surface area contributed by atoms with Crippen molar-refractivity contribution in [2.75, 3.05) is 0 Å². The van der Waals surface area contributed by atoms with Crippen molar-refractivity contribution in [3.63, 3.8) is 0 Å². The molecule has 2 saturated carbocycles. The number of hydrogen-bond donors (Lipinski definition) is 0. The van der Waals surface area contributed by atoms with Crippen LogP contribution in [0.25, 0.3) is 0 Å². The number of ketones is 1. The molecule has 0 aromatic heterocycles. The minimum Gasteiger partial charge on any atom is -0.299 e. The van der Waals surface area contributed by atoms with Crippen molar-refractivity contribution in [1.29, 1.82) is 0 Å². The summed E-state index contributed by atoms with van der Waals surface area (Å²) >= 11 is 0. The van der Waals surface area contributed by atoms with E-state index in [1.165, 1.54) is 19.3 Å². The van der Waals surface area contributed by atoms with Crippen molar-refractivity contribution < 1.29 is 4.79 Å². The molecule has 0 unspecified atom stereocenters. The van der Waals surface area contributed by atoms with Gasteiger partial charge in [0.25, 0.3) is 0 Å². The van der Waals surface area contributed by atoms with Crippen LogP contribution in [0.15, 0.2) is 0 Å². The predicted molar refractivity (Wildman–Crippen MR) is 58.0 cm³/mol. The van der Waals surface area contributed by atoms with Crippen LogP contribution in [-0.4, -0.2) is 5.78 Å². The van der Waals surface area contributed by atoms with Gasteiger partial charge in [0.2, 0.25) is 0 Å². The fourth-order valence-corrected chi connectivity index (χ4v) is 3.10. The van der Waals surface area contributed by atoms with Crippen LogP contribution in [0.3, 0.4) is 0 Å². The molecule has 0 radical (unpaired) electrons. The van der Waals surface area contributed by atoms with Crippen LogP contribution < -0.4 is 0 Å². The quantitative estimate of drug-likeness (QED) is 0.658. The zero-order chi connectivity index (χ0) is 10.3. The molecule has 0 aromatic carbocycles. The van der Waals surface area contributed by atoms with Gasteiger partial charge >= 0.3 is 0 Å². The summed E-state index contributed by atoms with van der Waals surface area (Å²) in [4.78, 5) is 12.0. The van der Waals surface area contributed by atoms with Crippen molar-refractivity contribution in [2.24, 2.45) is 23.2 Å². The number of carbonyl (C=O) groups excluding carboxylic acids is 1. The molecule has 0 N–H and O–H groups in total. The van der Waals surface area contributed by atoms with Gasteiger partial charge in [0, 0.05) is 12.3 Å². The first-order chi connectivity index (χ1) is 6.51. The minimum atomic E-state index is 0.289. The molecule has 2 aliphatic carbocycles. The van der Waals surface area contributed by atoms with E-state index in [0.717, 1.165) is 18.8 Å². The fourth-order valence-electron chi connectivity index (χ4n) is 3.10. The topological polar surface area (TPSA) is 17.1 Å². The third-order valence-electron chi connectivity index (χ3n) is 4.41. The summed E-state index contributed by atoms with van der Waals surface area (Å²) < 4.78 is 0. The number of carbonyl (C=O) groups is 1. The van der Waals surface area contributed by atoms with E-state index < -0.39 is 0 Å². The molecule has 2 aliphatic rings. The normalized spacial score (nSPS) is 34.6. The monoisotopic (exact) mass is 194 g/mol. The Labute approximate surface area is 87.3 Å². The van der Waals surface area contributed by atoms with Gasteiger partial charge in [-0.15, -0.1) is 0 Å². The molecule has 0 heterocycles. The first-order valence-corrected chi connectivity index (χ1v) is 6.04.